The Kier molecular flexibility index (Phi) is 4.97. The van der Waals surface area contributed by atoms with E-state index in [4.69, 9.17) is 0 Å². The van der Waals surface area contributed by atoms with Crippen molar-refractivity contribution in [3.05, 3.63) is 12.2 Å². The zero-order valence-corrected chi connectivity index (χ0v) is 12.8. The van der Waals surface area contributed by atoms with Crippen LogP contribution in [-0.2, 0) is 13.0 Å². The molecule has 4 nitrogen and oxygen atoms in total. The van der Waals surface area contributed by atoms with E-state index in [0.29, 0.717) is 12.0 Å². The van der Waals surface area contributed by atoms with Crippen molar-refractivity contribution in [2.75, 3.05) is 6.54 Å². The second-order valence-corrected chi connectivity index (χ2v) is 6.39. The number of nitrogens with zero attached hydrogens (tertiary/aromatic N) is 3. The first-order chi connectivity index (χ1) is 9.11. The molecule has 1 N–H and O–H groups in total. The van der Waals surface area contributed by atoms with Crippen LogP contribution in [0.25, 0.3) is 0 Å². The fourth-order valence-electron chi connectivity index (χ4n) is 2.76. The standard InChI is InChI=1S/C15H28N4/c1-5-6-16-14(13-7-12(13)4)8-15-17-10-18-19(15)9-11(2)3/h10-14,16H,5-9H2,1-4H3. The molecule has 1 aliphatic carbocycles. The fraction of sp³-hybridized carbons (Fsp3) is 0.867. The Bertz CT molecular complexity index is 385. The number of aromatic nitrogens is 3. The molecule has 3 atom stereocenters. The zero-order valence-electron chi connectivity index (χ0n) is 12.8. The lowest BCUT2D eigenvalue weighted by Crippen LogP contribution is -2.35. The Balaban J connectivity index is 1.98. The molecule has 0 amide bonds. The van der Waals surface area contributed by atoms with Gasteiger partial charge in [-0.2, -0.15) is 5.10 Å². The van der Waals surface area contributed by atoms with Crippen molar-refractivity contribution in [3.63, 3.8) is 0 Å². The molecule has 0 spiro atoms. The molecular formula is C15H28N4. The Morgan fingerprint density at radius 3 is 2.79 bits per heavy atom. The molecule has 0 aromatic carbocycles. The zero-order chi connectivity index (χ0) is 13.8. The predicted octanol–water partition coefficient (Wildman–Crippen LogP) is 2.50. The average molecular weight is 264 g/mol. The maximum absolute atomic E-state index is 4.46. The predicted molar refractivity (Wildman–Crippen MR) is 77.9 cm³/mol. The maximum Gasteiger partial charge on any atom is 0.138 e. The molecule has 4 heteroatoms. The van der Waals surface area contributed by atoms with Gasteiger partial charge in [-0.1, -0.05) is 27.7 Å². The van der Waals surface area contributed by atoms with E-state index in [-0.39, 0.29) is 0 Å². The highest BCUT2D eigenvalue weighted by atomic mass is 15.3. The minimum Gasteiger partial charge on any atom is -0.313 e. The summed E-state index contributed by atoms with van der Waals surface area (Å²) in [6.45, 7) is 11.1. The molecule has 1 saturated carbocycles. The highest BCUT2D eigenvalue weighted by Crippen LogP contribution is 2.41. The van der Waals surface area contributed by atoms with Crippen LogP contribution in [-0.4, -0.2) is 27.4 Å². The number of rotatable bonds is 8. The second kappa shape index (κ2) is 6.51. The molecule has 1 aromatic heterocycles. The van der Waals surface area contributed by atoms with Gasteiger partial charge in [-0.3, -0.25) is 0 Å². The molecular weight excluding hydrogens is 236 g/mol. The van der Waals surface area contributed by atoms with Gasteiger partial charge >= 0.3 is 0 Å². The molecule has 0 saturated heterocycles. The van der Waals surface area contributed by atoms with Crippen LogP contribution >= 0.6 is 0 Å². The summed E-state index contributed by atoms with van der Waals surface area (Å²) in [7, 11) is 0. The minimum absolute atomic E-state index is 0.574. The summed E-state index contributed by atoms with van der Waals surface area (Å²) < 4.78 is 2.08. The summed E-state index contributed by atoms with van der Waals surface area (Å²) in [6.07, 6.45) is 5.27. The number of hydrogen-bond acceptors (Lipinski definition) is 3. The molecule has 1 aliphatic rings. The van der Waals surface area contributed by atoms with E-state index in [0.717, 1.165) is 37.2 Å². The first-order valence-electron chi connectivity index (χ1n) is 7.71. The lowest BCUT2D eigenvalue weighted by molar-refractivity contribution is 0.409. The molecule has 1 heterocycles. The van der Waals surface area contributed by atoms with Crippen molar-refractivity contribution >= 4 is 0 Å². The van der Waals surface area contributed by atoms with Crippen LogP contribution in [0.4, 0.5) is 0 Å². The normalized spacial score (nSPS) is 23.8. The summed E-state index contributed by atoms with van der Waals surface area (Å²) in [4.78, 5) is 4.46. The topological polar surface area (TPSA) is 42.7 Å². The lowest BCUT2D eigenvalue weighted by Gasteiger charge is -2.19. The Morgan fingerprint density at radius 2 is 2.21 bits per heavy atom. The third-order valence-corrected chi connectivity index (χ3v) is 3.98. The van der Waals surface area contributed by atoms with Gasteiger partial charge in [0.05, 0.1) is 0 Å². The third-order valence-electron chi connectivity index (χ3n) is 3.98. The highest BCUT2D eigenvalue weighted by molar-refractivity contribution is 4.99. The second-order valence-electron chi connectivity index (χ2n) is 6.39. The molecule has 0 aliphatic heterocycles. The SMILES string of the molecule is CCCNC(Cc1ncnn1CC(C)C)C1CC1C. The minimum atomic E-state index is 0.574. The molecule has 1 aromatic rings. The Hall–Kier alpha value is -0.900. The van der Waals surface area contributed by atoms with Crippen LogP contribution in [0.2, 0.25) is 0 Å². The molecule has 2 rings (SSSR count). The summed E-state index contributed by atoms with van der Waals surface area (Å²) in [5.41, 5.74) is 0. The summed E-state index contributed by atoms with van der Waals surface area (Å²) >= 11 is 0. The lowest BCUT2D eigenvalue weighted by atomic mass is 10.1. The van der Waals surface area contributed by atoms with Crippen molar-refractivity contribution in [2.24, 2.45) is 17.8 Å². The van der Waals surface area contributed by atoms with Crippen molar-refractivity contribution in [1.29, 1.82) is 0 Å². The van der Waals surface area contributed by atoms with Gasteiger partial charge < -0.3 is 5.32 Å². The quantitative estimate of drug-likeness (QED) is 0.784. The van der Waals surface area contributed by atoms with E-state index in [9.17, 15) is 0 Å². The molecule has 0 radical (unpaired) electrons. The average Bonchev–Trinajstić information content (AvgIpc) is 2.92. The van der Waals surface area contributed by atoms with Gasteiger partial charge in [-0.15, -0.1) is 0 Å². The maximum atomic E-state index is 4.46. The van der Waals surface area contributed by atoms with Crippen LogP contribution in [0.5, 0.6) is 0 Å². The largest absolute Gasteiger partial charge is 0.313 e. The van der Waals surface area contributed by atoms with Crippen LogP contribution in [0.3, 0.4) is 0 Å². The molecule has 19 heavy (non-hydrogen) atoms. The van der Waals surface area contributed by atoms with E-state index in [2.05, 4.69) is 47.8 Å². The Morgan fingerprint density at radius 1 is 1.47 bits per heavy atom. The van der Waals surface area contributed by atoms with Gasteiger partial charge in [0.1, 0.15) is 12.2 Å². The van der Waals surface area contributed by atoms with Gasteiger partial charge in [0.2, 0.25) is 0 Å². The van der Waals surface area contributed by atoms with Gasteiger partial charge in [0, 0.05) is 19.0 Å². The van der Waals surface area contributed by atoms with Crippen LogP contribution in [0.15, 0.2) is 6.33 Å². The number of hydrogen-bond donors (Lipinski definition) is 1. The van der Waals surface area contributed by atoms with Gasteiger partial charge in [0.15, 0.2) is 0 Å². The van der Waals surface area contributed by atoms with Crippen molar-refractivity contribution in [1.82, 2.24) is 20.1 Å². The van der Waals surface area contributed by atoms with E-state index in [1.807, 2.05) is 0 Å². The first-order valence-corrected chi connectivity index (χ1v) is 7.71. The van der Waals surface area contributed by atoms with Gasteiger partial charge in [-0.25, -0.2) is 9.67 Å². The fourth-order valence-corrected chi connectivity index (χ4v) is 2.76. The molecule has 3 unspecified atom stereocenters. The van der Waals surface area contributed by atoms with Gasteiger partial charge in [0.25, 0.3) is 0 Å². The van der Waals surface area contributed by atoms with Gasteiger partial charge in [-0.05, 0) is 37.1 Å². The van der Waals surface area contributed by atoms with E-state index in [1.165, 1.54) is 12.8 Å². The number of nitrogens with one attached hydrogen (secondary N) is 1. The summed E-state index contributed by atoms with van der Waals surface area (Å²) in [5.74, 6) is 3.45. The Labute approximate surface area is 117 Å². The summed E-state index contributed by atoms with van der Waals surface area (Å²) in [5, 5.41) is 8.07. The van der Waals surface area contributed by atoms with Crippen molar-refractivity contribution in [3.8, 4) is 0 Å². The van der Waals surface area contributed by atoms with Crippen molar-refractivity contribution < 1.29 is 0 Å². The molecule has 108 valence electrons. The van der Waals surface area contributed by atoms with E-state index in [1.54, 1.807) is 6.33 Å². The molecule has 1 fully saturated rings. The highest BCUT2D eigenvalue weighted by Gasteiger charge is 2.39. The van der Waals surface area contributed by atoms with E-state index >= 15 is 0 Å². The van der Waals surface area contributed by atoms with Crippen LogP contribution in [0.1, 0.15) is 46.4 Å². The first kappa shape index (κ1) is 14.5. The summed E-state index contributed by atoms with van der Waals surface area (Å²) in [6, 6.07) is 0.574. The monoisotopic (exact) mass is 264 g/mol. The van der Waals surface area contributed by atoms with Crippen LogP contribution < -0.4 is 5.32 Å². The van der Waals surface area contributed by atoms with Crippen LogP contribution in [0, 0.1) is 17.8 Å². The van der Waals surface area contributed by atoms with E-state index < -0.39 is 0 Å². The third kappa shape index (κ3) is 4.03. The van der Waals surface area contributed by atoms with Crippen molar-refractivity contribution in [2.45, 2.75) is 59.5 Å². The smallest absolute Gasteiger partial charge is 0.138 e. The molecule has 0 bridgehead atoms.